The van der Waals surface area contributed by atoms with Gasteiger partial charge in [-0.15, -0.1) is 0 Å². The smallest absolute Gasteiger partial charge is 0.296 e. The summed E-state index contributed by atoms with van der Waals surface area (Å²) < 4.78 is 54.3. The van der Waals surface area contributed by atoms with Gasteiger partial charge < -0.3 is 4.52 Å². The van der Waals surface area contributed by atoms with Gasteiger partial charge in [-0.2, -0.15) is 4.98 Å². The molecule has 1 heterocycles. The Bertz CT molecular complexity index is 612. The molecule has 0 aliphatic rings. The van der Waals surface area contributed by atoms with Crippen molar-refractivity contribution in [2.24, 2.45) is 0 Å². The van der Waals surface area contributed by atoms with Gasteiger partial charge in [0, 0.05) is 5.56 Å². The van der Waals surface area contributed by atoms with Gasteiger partial charge in [0.15, 0.2) is 11.6 Å². The molecule has 0 atom stereocenters. The highest BCUT2D eigenvalue weighted by Crippen LogP contribution is 2.19. The maximum absolute atomic E-state index is 13.0. The summed E-state index contributed by atoms with van der Waals surface area (Å²) in [4.78, 5) is 14.4. The van der Waals surface area contributed by atoms with Gasteiger partial charge in [0.25, 0.3) is 6.43 Å². The highest BCUT2D eigenvalue weighted by molar-refractivity contribution is 5.83. The Morgan fingerprint density at radius 1 is 1.26 bits per heavy atom. The highest BCUT2D eigenvalue weighted by atomic mass is 19.3. The van der Waals surface area contributed by atoms with Gasteiger partial charge in [-0.05, 0) is 18.2 Å². The number of ketones is 1. The fourth-order valence-electron chi connectivity index (χ4n) is 1.31. The maximum Gasteiger partial charge on any atom is 0.296 e. The monoisotopic (exact) mass is 274 g/mol. The Balaban J connectivity index is 2.21. The predicted molar refractivity (Wildman–Crippen MR) is 54.4 cm³/mol. The number of carbonyl (C=O) groups excluding carboxylic acids is 1. The zero-order chi connectivity index (χ0) is 14.0. The van der Waals surface area contributed by atoms with Crippen LogP contribution in [0.3, 0.4) is 0 Å². The summed E-state index contributed by atoms with van der Waals surface area (Å²) in [6, 6.07) is 2.89. The molecule has 0 aliphatic heterocycles. The molecule has 0 amide bonds. The number of carbonyl (C=O) groups is 1. The standard InChI is InChI=1S/C11H6F4N2O2/c12-6-2-1-5(3-7(6)13)11-16-9(19-17-11)4-8(18)10(14)15/h1-3,10H,4H2. The summed E-state index contributed by atoms with van der Waals surface area (Å²) >= 11 is 0. The van der Waals surface area contributed by atoms with Gasteiger partial charge in [0.05, 0.1) is 6.42 Å². The summed E-state index contributed by atoms with van der Waals surface area (Å²) in [6.07, 6.45) is -3.84. The summed E-state index contributed by atoms with van der Waals surface area (Å²) in [5, 5.41) is 3.40. The number of alkyl halides is 2. The molecule has 1 aromatic carbocycles. The SMILES string of the molecule is O=C(Cc1nc(-c2ccc(F)c(F)c2)no1)C(F)F. The van der Waals surface area contributed by atoms with Crippen molar-refractivity contribution in [3.05, 3.63) is 35.7 Å². The van der Waals surface area contributed by atoms with E-state index in [0.717, 1.165) is 12.1 Å². The fraction of sp³-hybridized carbons (Fsp3) is 0.182. The zero-order valence-corrected chi connectivity index (χ0v) is 9.24. The number of benzene rings is 1. The van der Waals surface area contributed by atoms with Crippen molar-refractivity contribution in [2.75, 3.05) is 0 Å². The van der Waals surface area contributed by atoms with Crippen molar-refractivity contribution >= 4 is 5.78 Å². The number of nitrogens with zero attached hydrogens (tertiary/aromatic N) is 2. The number of hydrogen-bond acceptors (Lipinski definition) is 4. The lowest BCUT2D eigenvalue weighted by Crippen LogP contribution is -2.12. The van der Waals surface area contributed by atoms with Crippen molar-refractivity contribution in [3.8, 4) is 11.4 Å². The van der Waals surface area contributed by atoms with Gasteiger partial charge in [0.2, 0.25) is 17.5 Å². The van der Waals surface area contributed by atoms with Crippen LogP contribution in [-0.2, 0) is 11.2 Å². The van der Waals surface area contributed by atoms with Crippen molar-refractivity contribution in [1.82, 2.24) is 10.1 Å². The number of rotatable bonds is 4. The molecule has 0 saturated carbocycles. The molecule has 8 heteroatoms. The van der Waals surface area contributed by atoms with Crippen LogP contribution in [0.1, 0.15) is 5.89 Å². The van der Waals surface area contributed by atoms with Crippen molar-refractivity contribution in [2.45, 2.75) is 12.8 Å². The maximum atomic E-state index is 13.0. The molecule has 0 bridgehead atoms. The van der Waals surface area contributed by atoms with Crippen molar-refractivity contribution < 1.29 is 26.9 Å². The molecule has 100 valence electrons. The lowest BCUT2D eigenvalue weighted by Gasteiger charge is -1.95. The van der Waals surface area contributed by atoms with E-state index in [1.54, 1.807) is 0 Å². The summed E-state index contributed by atoms with van der Waals surface area (Å²) in [7, 11) is 0. The van der Waals surface area contributed by atoms with E-state index < -0.39 is 30.3 Å². The molecular formula is C11H6F4N2O2. The molecule has 0 unspecified atom stereocenters. The molecule has 0 saturated heterocycles. The van der Waals surface area contributed by atoms with E-state index in [2.05, 4.69) is 14.7 Å². The third-order valence-electron chi connectivity index (χ3n) is 2.21. The van der Waals surface area contributed by atoms with Gasteiger partial charge in [-0.1, -0.05) is 5.16 Å². The first-order valence-electron chi connectivity index (χ1n) is 5.06. The molecule has 0 fully saturated rings. The second-order valence-electron chi connectivity index (χ2n) is 3.58. The van der Waals surface area contributed by atoms with Crippen LogP contribution in [0.15, 0.2) is 22.7 Å². The largest absolute Gasteiger partial charge is 0.338 e. The molecule has 19 heavy (non-hydrogen) atoms. The minimum absolute atomic E-state index is 0.110. The van der Waals surface area contributed by atoms with Crippen LogP contribution in [0.5, 0.6) is 0 Å². The Kier molecular flexibility index (Phi) is 3.59. The van der Waals surface area contributed by atoms with E-state index in [1.807, 2.05) is 0 Å². The van der Waals surface area contributed by atoms with Gasteiger partial charge in [-0.25, -0.2) is 17.6 Å². The van der Waals surface area contributed by atoms with Crippen LogP contribution in [0.4, 0.5) is 17.6 Å². The Morgan fingerprint density at radius 2 is 2.00 bits per heavy atom. The van der Waals surface area contributed by atoms with E-state index in [0.29, 0.717) is 0 Å². The van der Waals surface area contributed by atoms with E-state index in [1.165, 1.54) is 6.07 Å². The van der Waals surface area contributed by atoms with E-state index in [9.17, 15) is 22.4 Å². The fourth-order valence-corrected chi connectivity index (χ4v) is 1.31. The molecular weight excluding hydrogens is 268 g/mol. The Hall–Kier alpha value is -2.25. The van der Waals surface area contributed by atoms with E-state index >= 15 is 0 Å². The molecule has 0 aliphatic carbocycles. The third kappa shape index (κ3) is 2.95. The van der Waals surface area contributed by atoms with Crippen LogP contribution in [-0.4, -0.2) is 22.3 Å². The van der Waals surface area contributed by atoms with E-state index in [4.69, 9.17) is 0 Å². The molecule has 4 nitrogen and oxygen atoms in total. The number of aromatic nitrogens is 2. The first-order valence-corrected chi connectivity index (χ1v) is 5.06. The number of halogens is 4. The van der Waals surface area contributed by atoms with Crippen LogP contribution < -0.4 is 0 Å². The minimum Gasteiger partial charge on any atom is -0.338 e. The second kappa shape index (κ2) is 5.17. The molecule has 0 N–H and O–H groups in total. The van der Waals surface area contributed by atoms with E-state index in [-0.39, 0.29) is 17.3 Å². The normalized spacial score (nSPS) is 11.0. The van der Waals surface area contributed by atoms with Crippen LogP contribution in [0.25, 0.3) is 11.4 Å². The van der Waals surface area contributed by atoms with Gasteiger partial charge in [0.1, 0.15) is 0 Å². The van der Waals surface area contributed by atoms with Crippen LogP contribution in [0.2, 0.25) is 0 Å². The predicted octanol–water partition coefficient (Wildman–Crippen LogP) is 2.39. The number of hydrogen-bond donors (Lipinski definition) is 0. The van der Waals surface area contributed by atoms with Crippen LogP contribution >= 0.6 is 0 Å². The lowest BCUT2D eigenvalue weighted by atomic mass is 10.2. The van der Waals surface area contributed by atoms with Crippen LogP contribution in [0, 0.1) is 11.6 Å². The molecule has 1 aromatic heterocycles. The summed E-state index contributed by atoms with van der Waals surface area (Å²) in [5.41, 5.74) is 0.110. The topological polar surface area (TPSA) is 56.0 Å². The second-order valence-corrected chi connectivity index (χ2v) is 3.58. The zero-order valence-electron chi connectivity index (χ0n) is 9.24. The highest BCUT2D eigenvalue weighted by Gasteiger charge is 2.20. The molecule has 2 rings (SSSR count). The average Bonchev–Trinajstić information content (AvgIpc) is 2.81. The molecule has 0 radical (unpaired) electrons. The van der Waals surface area contributed by atoms with Gasteiger partial charge in [-0.3, -0.25) is 4.79 Å². The summed E-state index contributed by atoms with van der Waals surface area (Å²) in [5.74, 6) is -3.94. The quantitative estimate of drug-likeness (QED) is 0.803. The summed E-state index contributed by atoms with van der Waals surface area (Å²) in [6.45, 7) is 0. The first-order chi connectivity index (χ1) is 8.97. The number of Topliss-reactive ketones (excluding diaryl/α,β-unsaturated/α-hetero) is 1. The average molecular weight is 274 g/mol. The first kappa shape index (κ1) is 13.2. The third-order valence-corrected chi connectivity index (χ3v) is 2.21. The minimum atomic E-state index is -3.13. The van der Waals surface area contributed by atoms with Crippen molar-refractivity contribution in [3.63, 3.8) is 0 Å². The van der Waals surface area contributed by atoms with Gasteiger partial charge >= 0.3 is 0 Å². The molecule has 2 aromatic rings. The van der Waals surface area contributed by atoms with Crippen molar-refractivity contribution in [1.29, 1.82) is 0 Å². The Morgan fingerprint density at radius 3 is 2.63 bits per heavy atom. The lowest BCUT2D eigenvalue weighted by molar-refractivity contribution is -0.129. The molecule has 0 spiro atoms. The Labute approximate surface area is 104 Å².